The summed E-state index contributed by atoms with van der Waals surface area (Å²) in [5, 5.41) is 7.29. The van der Waals surface area contributed by atoms with Crippen molar-refractivity contribution in [3.8, 4) is 33.4 Å². The fourth-order valence-corrected chi connectivity index (χ4v) is 7.94. The molecule has 0 saturated carbocycles. The summed E-state index contributed by atoms with van der Waals surface area (Å²) in [6.45, 7) is 6.75. The van der Waals surface area contributed by atoms with E-state index in [2.05, 4.69) is 183 Å². The maximum atomic E-state index is 6.86. The van der Waals surface area contributed by atoms with Gasteiger partial charge in [-0.3, -0.25) is 0 Å². The van der Waals surface area contributed by atoms with Gasteiger partial charge in [-0.1, -0.05) is 118 Å². The second kappa shape index (κ2) is 10.7. The number of nitrogens with zero attached hydrogens (tertiary/aromatic N) is 1. The van der Waals surface area contributed by atoms with Gasteiger partial charge < -0.3 is 9.32 Å². The minimum Gasteiger partial charge on any atom is -0.454 e. The van der Waals surface area contributed by atoms with E-state index in [4.69, 9.17) is 4.42 Å². The Morgan fingerprint density at radius 2 is 1.00 bits per heavy atom. The zero-order valence-electron chi connectivity index (χ0n) is 28.4. The Hall–Kier alpha value is -6.12. The lowest BCUT2D eigenvalue weighted by molar-refractivity contribution is 0.573. The van der Waals surface area contributed by atoms with Gasteiger partial charge in [-0.15, -0.1) is 0 Å². The Morgan fingerprint density at radius 3 is 1.68 bits per heavy atom. The van der Waals surface area contributed by atoms with Crippen molar-refractivity contribution in [3.05, 3.63) is 163 Å². The average Bonchev–Trinajstić information content (AvgIpc) is 3.53. The van der Waals surface area contributed by atoms with Crippen molar-refractivity contribution < 1.29 is 4.42 Å². The van der Waals surface area contributed by atoms with Crippen LogP contribution in [0.25, 0.3) is 76.9 Å². The van der Waals surface area contributed by atoms with Crippen LogP contribution in [0.1, 0.15) is 26.3 Å². The molecule has 9 aromatic rings. The third-order valence-electron chi connectivity index (χ3n) is 10.4. The van der Waals surface area contributed by atoms with Crippen LogP contribution in [0.3, 0.4) is 0 Å². The molecular formula is C48H35NO. The van der Waals surface area contributed by atoms with Crippen LogP contribution in [-0.4, -0.2) is 0 Å². The van der Waals surface area contributed by atoms with E-state index in [9.17, 15) is 0 Å². The van der Waals surface area contributed by atoms with Gasteiger partial charge in [0.2, 0.25) is 0 Å². The third kappa shape index (κ3) is 4.42. The van der Waals surface area contributed by atoms with E-state index in [0.29, 0.717) is 0 Å². The van der Waals surface area contributed by atoms with E-state index in [0.717, 1.165) is 39.0 Å². The fourth-order valence-electron chi connectivity index (χ4n) is 7.94. The lowest BCUT2D eigenvalue weighted by Gasteiger charge is -2.28. The van der Waals surface area contributed by atoms with Crippen LogP contribution in [-0.2, 0) is 5.41 Å². The number of hydrogen-bond donors (Lipinski definition) is 0. The second-order valence-corrected chi connectivity index (χ2v) is 14.6. The Bertz CT molecular complexity index is 2780. The largest absolute Gasteiger partial charge is 0.454 e. The van der Waals surface area contributed by atoms with Crippen LogP contribution in [0.2, 0.25) is 0 Å². The first-order chi connectivity index (χ1) is 24.4. The number of anilines is 3. The van der Waals surface area contributed by atoms with Gasteiger partial charge in [0.05, 0.1) is 5.69 Å². The molecule has 1 aromatic heterocycles. The summed E-state index contributed by atoms with van der Waals surface area (Å²) < 4.78 is 6.86. The van der Waals surface area contributed by atoms with Gasteiger partial charge in [-0.2, -0.15) is 0 Å². The summed E-state index contributed by atoms with van der Waals surface area (Å²) in [7, 11) is 0. The smallest absolute Gasteiger partial charge is 0.159 e. The number of fused-ring (bicyclic) bond motifs is 9. The quantitative estimate of drug-likeness (QED) is 0.190. The third-order valence-corrected chi connectivity index (χ3v) is 10.4. The normalized spacial score (nSPS) is 12.3. The molecule has 1 aliphatic rings. The highest BCUT2D eigenvalue weighted by atomic mass is 16.3. The van der Waals surface area contributed by atoms with Gasteiger partial charge in [0, 0.05) is 27.7 Å². The molecule has 0 bridgehead atoms. The predicted octanol–water partition coefficient (Wildman–Crippen LogP) is 14.0. The van der Waals surface area contributed by atoms with E-state index in [-0.39, 0.29) is 5.41 Å². The number of rotatable bonds is 4. The minimum absolute atomic E-state index is 0.0391. The van der Waals surface area contributed by atoms with Gasteiger partial charge in [0.15, 0.2) is 5.58 Å². The highest BCUT2D eigenvalue weighted by Crippen LogP contribution is 2.51. The minimum atomic E-state index is -0.0391. The molecule has 0 saturated heterocycles. The van der Waals surface area contributed by atoms with E-state index < -0.39 is 0 Å². The van der Waals surface area contributed by atoms with Crippen LogP contribution in [0.5, 0.6) is 0 Å². The first kappa shape index (κ1) is 28.9. The molecule has 50 heavy (non-hydrogen) atoms. The highest BCUT2D eigenvalue weighted by molar-refractivity contribution is 6.14. The molecule has 0 fully saturated rings. The first-order valence-electron chi connectivity index (χ1n) is 17.4. The summed E-state index contributed by atoms with van der Waals surface area (Å²) >= 11 is 0. The standard InChI is InChI=1S/C48H35NO/c1-48(2,3)44-18-10-16-38-39-17-11-19-45(47(39)50-46(38)44)49(36-14-8-5-9-15-36)37-23-22-33-27-41-42-28-34-24-31(30-12-6-4-7-13-30)20-21-32(34)26-40(42)43(41)29-35(33)25-37/h4-29H,1-3H3. The Labute approximate surface area is 291 Å². The predicted molar refractivity (Wildman–Crippen MR) is 212 cm³/mol. The highest BCUT2D eigenvalue weighted by Gasteiger charge is 2.26. The van der Waals surface area contributed by atoms with Crippen molar-refractivity contribution in [3.63, 3.8) is 0 Å². The zero-order valence-corrected chi connectivity index (χ0v) is 28.4. The summed E-state index contributed by atoms with van der Waals surface area (Å²) in [5.74, 6) is 0. The van der Waals surface area contributed by atoms with Gasteiger partial charge in [0.1, 0.15) is 5.58 Å². The van der Waals surface area contributed by atoms with E-state index in [1.807, 2.05) is 0 Å². The van der Waals surface area contributed by atoms with Crippen molar-refractivity contribution in [1.82, 2.24) is 0 Å². The molecule has 238 valence electrons. The molecule has 2 heteroatoms. The molecule has 0 spiro atoms. The van der Waals surface area contributed by atoms with Gasteiger partial charge >= 0.3 is 0 Å². The molecule has 1 heterocycles. The maximum absolute atomic E-state index is 6.86. The Kier molecular flexibility index (Phi) is 6.17. The molecule has 0 amide bonds. The van der Waals surface area contributed by atoms with Crippen molar-refractivity contribution >= 4 is 60.5 Å². The Morgan fingerprint density at radius 1 is 0.420 bits per heavy atom. The van der Waals surface area contributed by atoms with E-state index >= 15 is 0 Å². The van der Waals surface area contributed by atoms with Crippen LogP contribution in [0, 0.1) is 0 Å². The molecule has 0 N–H and O–H groups in total. The number of para-hydroxylation sites is 3. The van der Waals surface area contributed by atoms with Crippen LogP contribution < -0.4 is 4.90 Å². The summed E-state index contributed by atoms with van der Waals surface area (Å²) in [6.07, 6.45) is 0. The first-order valence-corrected chi connectivity index (χ1v) is 17.4. The van der Waals surface area contributed by atoms with Crippen molar-refractivity contribution in [2.45, 2.75) is 26.2 Å². The lowest BCUT2D eigenvalue weighted by atomic mass is 9.77. The maximum Gasteiger partial charge on any atom is 0.159 e. The number of benzene rings is 8. The fraction of sp³-hybridized carbons (Fsp3) is 0.0833. The van der Waals surface area contributed by atoms with E-state index in [1.165, 1.54) is 60.5 Å². The van der Waals surface area contributed by atoms with Crippen LogP contribution >= 0.6 is 0 Å². The Balaban J connectivity index is 1.10. The van der Waals surface area contributed by atoms with Crippen LogP contribution in [0.15, 0.2) is 162 Å². The van der Waals surface area contributed by atoms with E-state index in [1.54, 1.807) is 0 Å². The van der Waals surface area contributed by atoms with Gasteiger partial charge in [-0.05, 0) is 121 Å². The van der Waals surface area contributed by atoms with Crippen molar-refractivity contribution in [2.24, 2.45) is 0 Å². The molecule has 0 unspecified atom stereocenters. The molecule has 0 aliphatic heterocycles. The van der Waals surface area contributed by atoms with Crippen LogP contribution in [0.4, 0.5) is 17.1 Å². The zero-order chi connectivity index (χ0) is 33.6. The number of furan rings is 1. The van der Waals surface area contributed by atoms with Gasteiger partial charge in [0.25, 0.3) is 0 Å². The summed E-state index contributed by atoms with van der Waals surface area (Å²) in [4.78, 5) is 2.34. The summed E-state index contributed by atoms with van der Waals surface area (Å²) in [6, 6.07) is 57.4. The molecule has 10 rings (SSSR count). The molecule has 8 aromatic carbocycles. The molecule has 0 radical (unpaired) electrons. The second-order valence-electron chi connectivity index (χ2n) is 14.6. The molecular weight excluding hydrogens is 607 g/mol. The molecule has 1 aliphatic carbocycles. The number of hydrogen-bond acceptors (Lipinski definition) is 2. The summed E-state index contributed by atoms with van der Waals surface area (Å²) in [5.41, 5.74) is 14.1. The monoisotopic (exact) mass is 641 g/mol. The topological polar surface area (TPSA) is 16.4 Å². The molecule has 0 atom stereocenters. The average molecular weight is 642 g/mol. The van der Waals surface area contributed by atoms with Crippen molar-refractivity contribution in [2.75, 3.05) is 4.90 Å². The lowest BCUT2D eigenvalue weighted by Crippen LogP contribution is -2.11. The SMILES string of the molecule is CC(C)(C)c1cccc2c1oc1c(N(c3ccccc3)c3ccc4cc5c(cc4c3)-c3cc4ccc(-c6ccccc6)cc4cc3-5)cccc12. The molecule has 2 nitrogen and oxygen atoms in total. The van der Waals surface area contributed by atoms with Gasteiger partial charge in [-0.25, -0.2) is 0 Å². The van der Waals surface area contributed by atoms with Crippen molar-refractivity contribution in [1.29, 1.82) is 0 Å².